The third-order valence-electron chi connectivity index (χ3n) is 4.98. The Morgan fingerprint density at radius 1 is 1.25 bits per heavy atom. The molecule has 0 aliphatic carbocycles. The van der Waals surface area contributed by atoms with E-state index in [0.29, 0.717) is 17.6 Å². The second kappa shape index (κ2) is 12.1. The van der Waals surface area contributed by atoms with Gasteiger partial charge in [-0.05, 0) is 50.1 Å². The van der Waals surface area contributed by atoms with Crippen LogP contribution in [0, 0.1) is 5.82 Å². The number of methoxy groups -OCH3 is 1. The molecule has 2 N–H and O–H groups in total. The molecule has 1 unspecified atom stereocenters. The molecule has 1 atom stereocenters. The predicted octanol–water partition coefficient (Wildman–Crippen LogP) is 4.05. The Kier molecular flexibility index (Phi) is 9.14. The summed E-state index contributed by atoms with van der Waals surface area (Å²) < 4.78 is 26.2. The molecule has 185 valence electrons. The summed E-state index contributed by atoms with van der Waals surface area (Å²) in [4.78, 5) is 24.0. The van der Waals surface area contributed by atoms with Crippen LogP contribution in [0.25, 0.3) is 0 Å². The Hall–Kier alpha value is -3.34. The number of hydrogen-bond donors (Lipinski definition) is 2. The van der Waals surface area contributed by atoms with E-state index in [9.17, 15) is 19.0 Å². The first-order chi connectivity index (χ1) is 17.2. The standard InChI is InChI=1S/C22H20B2Cl2FN4O5/c1-12(19-15(25)8-9-16(27)20(19)26)36-18-10-17(29-30-21(18)31(23-11-32)24(2)34)22(33)28-13-4-6-14(35-3)7-5-13/h4-12,34H,1-3H3,(H,28,33). The van der Waals surface area contributed by atoms with Crippen molar-refractivity contribution in [1.82, 2.24) is 10.2 Å². The van der Waals surface area contributed by atoms with Gasteiger partial charge in [-0.25, -0.2) is 4.39 Å². The Morgan fingerprint density at radius 3 is 2.56 bits per heavy atom. The minimum atomic E-state index is -1.21. The van der Waals surface area contributed by atoms with Gasteiger partial charge >= 0.3 is 14.5 Å². The largest absolute Gasteiger partial charge is 0.497 e. The lowest BCUT2D eigenvalue weighted by Crippen LogP contribution is -2.42. The van der Waals surface area contributed by atoms with Crippen molar-refractivity contribution < 1.29 is 28.5 Å². The molecule has 1 radical (unpaired) electrons. The van der Waals surface area contributed by atoms with Gasteiger partial charge in [-0.1, -0.05) is 23.2 Å². The van der Waals surface area contributed by atoms with Crippen molar-refractivity contribution in [2.24, 2.45) is 0 Å². The SMILES string of the molecule is COc1ccc(NC(=O)c2cc(OC(C)c3c(Cl)ccc(F)c3Cl)c(N([B]C=O)B(C)O)nn2)cc1. The quantitative estimate of drug-likeness (QED) is 0.229. The fourth-order valence-electron chi connectivity index (χ4n) is 3.22. The molecule has 1 amide bonds. The third kappa shape index (κ3) is 6.26. The molecular weight excluding hydrogens is 512 g/mol. The van der Waals surface area contributed by atoms with Gasteiger partial charge in [0.25, 0.3) is 5.91 Å². The van der Waals surface area contributed by atoms with Gasteiger partial charge in [0.1, 0.15) is 23.9 Å². The van der Waals surface area contributed by atoms with Crippen molar-refractivity contribution >= 4 is 61.3 Å². The number of aromatic nitrogens is 2. The Bertz CT molecular complexity index is 1250. The van der Waals surface area contributed by atoms with E-state index < -0.39 is 24.9 Å². The molecule has 0 aliphatic rings. The summed E-state index contributed by atoms with van der Waals surface area (Å²) in [6.45, 7) is 2.95. The highest BCUT2D eigenvalue weighted by atomic mass is 35.5. The van der Waals surface area contributed by atoms with Crippen molar-refractivity contribution in [2.45, 2.75) is 19.9 Å². The molecule has 2 aromatic carbocycles. The normalized spacial score (nSPS) is 11.3. The first kappa shape index (κ1) is 27.3. The van der Waals surface area contributed by atoms with E-state index in [2.05, 4.69) is 15.5 Å². The van der Waals surface area contributed by atoms with Crippen molar-refractivity contribution in [3.05, 3.63) is 69.6 Å². The van der Waals surface area contributed by atoms with Gasteiger partial charge in [0.05, 0.1) is 12.1 Å². The summed E-state index contributed by atoms with van der Waals surface area (Å²) in [6, 6.07) is 10.3. The zero-order valence-corrected chi connectivity index (χ0v) is 20.9. The molecule has 1 aromatic heterocycles. The zero-order chi connectivity index (χ0) is 26.4. The Labute approximate surface area is 217 Å². The highest BCUT2D eigenvalue weighted by Gasteiger charge is 2.27. The molecule has 3 aromatic rings. The summed E-state index contributed by atoms with van der Waals surface area (Å²) in [5.74, 6) is -0.817. The summed E-state index contributed by atoms with van der Waals surface area (Å²) in [7, 11) is 1.34. The van der Waals surface area contributed by atoms with Crippen LogP contribution in [0.3, 0.4) is 0 Å². The highest BCUT2D eigenvalue weighted by molar-refractivity contribution is 6.82. The van der Waals surface area contributed by atoms with Gasteiger partial charge in [0, 0.05) is 22.3 Å². The molecule has 9 nitrogen and oxygen atoms in total. The first-order valence-electron chi connectivity index (χ1n) is 10.5. The summed E-state index contributed by atoms with van der Waals surface area (Å²) in [5, 5.41) is 20.7. The number of nitrogens with zero attached hydrogens (tertiary/aromatic N) is 3. The molecule has 0 bridgehead atoms. The smallest absolute Gasteiger partial charge is 0.397 e. The minimum Gasteiger partial charge on any atom is -0.497 e. The monoisotopic (exact) mass is 531 g/mol. The molecule has 0 spiro atoms. The summed E-state index contributed by atoms with van der Waals surface area (Å²) >= 11 is 12.3. The van der Waals surface area contributed by atoms with Crippen LogP contribution in [0.15, 0.2) is 42.5 Å². The van der Waals surface area contributed by atoms with Crippen LogP contribution in [0.5, 0.6) is 11.5 Å². The highest BCUT2D eigenvalue weighted by Crippen LogP contribution is 2.37. The number of rotatable bonds is 10. The van der Waals surface area contributed by atoms with Crippen LogP contribution in [-0.4, -0.2) is 48.9 Å². The fraction of sp³-hybridized carbons (Fsp3) is 0.182. The number of ether oxygens (including phenoxy) is 2. The number of benzene rings is 2. The van der Waals surface area contributed by atoms with E-state index in [1.807, 2.05) is 0 Å². The molecule has 3 rings (SSSR count). The lowest BCUT2D eigenvalue weighted by molar-refractivity contribution is 0.102. The molecule has 36 heavy (non-hydrogen) atoms. The van der Waals surface area contributed by atoms with Gasteiger partial charge in [0.2, 0.25) is 0 Å². The average molecular weight is 532 g/mol. The molecular formula is C22H20B2Cl2FN4O5. The molecule has 0 saturated heterocycles. The van der Waals surface area contributed by atoms with Gasteiger partial charge in [-0.15, -0.1) is 10.2 Å². The number of carbonyl (C=O) groups excluding carboxylic acids is 2. The van der Waals surface area contributed by atoms with Crippen LogP contribution in [0.4, 0.5) is 15.9 Å². The van der Waals surface area contributed by atoms with Crippen LogP contribution < -0.4 is 19.5 Å². The van der Waals surface area contributed by atoms with Crippen molar-refractivity contribution in [2.75, 3.05) is 17.1 Å². The molecule has 0 fully saturated rings. The van der Waals surface area contributed by atoms with Crippen molar-refractivity contribution in [3.8, 4) is 11.5 Å². The van der Waals surface area contributed by atoms with E-state index in [4.69, 9.17) is 32.7 Å². The number of hydrogen-bond acceptors (Lipinski definition) is 8. The minimum absolute atomic E-state index is 0.0484. The molecule has 0 saturated carbocycles. The van der Waals surface area contributed by atoms with Crippen LogP contribution in [0.1, 0.15) is 29.1 Å². The molecule has 0 aliphatic heterocycles. The number of amides is 1. The molecule has 1 heterocycles. The van der Waals surface area contributed by atoms with E-state index >= 15 is 0 Å². The summed E-state index contributed by atoms with van der Waals surface area (Å²) in [5.41, 5.74) is 0.499. The first-order valence-corrected chi connectivity index (χ1v) is 11.3. The maximum atomic E-state index is 14.1. The van der Waals surface area contributed by atoms with E-state index in [-0.39, 0.29) is 32.9 Å². The lowest BCUT2D eigenvalue weighted by Gasteiger charge is -2.26. The second-order valence-corrected chi connectivity index (χ2v) is 8.23. The number of carbonyl (C=O) groups is 2. The van der Waals surface area contributed by atoms with Crippen LogP contribution in [0.2, 0.25) is 16.9 Å². The van der Waals surface area contributed by atoms with Gasteiger partial charge < -0.3 is 29.3 Å². The third-order valence-corrected chi connectivity index (χ3v) is 5.69. The topological polar surface area (TPSA) is 114 Å². The average Bonchev–Trinajstić information content (AvgIpc) is 2.85. The second-order valence-electron chi connectivity index (χ2n) is 7.44. The fourth-order valence-corrected chi connectivity index (χ4v) is 3.89. The van der Waals surface area contributed by atoms with Crippen LogP contribution >= 0.6 is 23.2 Å². The Morgan fingerprint density at radius 2 is 1.94 bits per heavy atom. The number of anilines is 2. The van der Waals surface area contributed by atoms with Crippen LogP contribution in [-0.2, 0) is 4.79 Å². The maximum Gasteiger partial charge on any atom is 0.397 e. The zero-order valence-electron chi connectivity index (χ0n) is 19.4. The molecule has 14 heteroatoms. The van der Waals surface area contributed by atoms with E-state index in [1.165, 1.54) is 26.1 Å². The van der Waals surface area contributed by atoms with Crippen molar-refractivity contribution in [1.29, 1.82) is 0 Å². The lowest BCUT2D eigenvalue weighted by atomic mass is 9.73. The van der Waals surface area contributed by atoms with E-state index in [1.54, 1.807) is 31.2 Å². The van der Waals surface area contributed by atoms with Gasteiger partial charge in [0.15, 0.2) is 17.3 Å². The van der Waals surface area contributed by atoms with Gasteiger partial charge in [-0.3, -0.25) is 4.79 Å². The number of halogens is 3. The van der Waals surface area contributed by atoms with Gasteiger partial charge in [-0.2, -0.15) is 0 Å². The number of nitrogens with one attached hydrogen (secondary N) is 1. The summed E-state index contributed by atoms with van der Waals surface area (Å²) in [6.07, 6.45) is -0.486. The predicted molar refractivity (Wildman–Crippen MR) is 137 cm³/mol. The Balaban J connectivity index is 1.99. The van der Waals surface area contributed by atoms with E-state index in [0.717, 1.165) is 18.2 Å². The van der Waals surface area contributed by atoms with Crippen molar-refractivity contribution in [3.63, 3.8) is 0 Å². The maximum absolute atomic E-state index is 14.1.